The quantitative estimate of drug-likeness (QED) is 0.653. The summed E-state index contributed by atoms with van der Waals surface area (Å²) in [6, 6.07) is 5.93. The van der Waals surface area contributed by atoms with Crippen molar-refractivity contribution in [3.63, 3.8) is 0 Å². The highest BCUT2D eigenvalue weighted by Gasteiger charge is 2.15. The van der Waals surface area contributed by atoms with E-state index < -0.39 is 11.7 Å². The Labute approximate surface area is 129 Å². The van der Waals surface area contributed by atoms with Gasteiger partial charge in [-0.3, -0.25) is 0 Å². The lowest BCUT2D eigenvalue weighted by Crippen LogP contribution is -2.32. The van der Waals surface area contributed by atoms with Crippen LogP contribution in [0.5, 0.6) is 0 Å². The number of rotatable bonds is 2. The van der Waals surface area contributed by atoms with Gasteiger partial charge in [0.05, 0.1) is 0 Å². The monoisotopic (exact) mass is 337 g/mol. The van der Waals surface area contributed by atoms with Gasteiger partial charge in [0.25, 0.3) is 0 Å². The van der Waals surface area contributed by atoms with Crippen LogP contribution < -0.4 is 5.32 Å². The van der Waals surface area contributed by atoms with E-state index in [0.717, 1.165) is 15.6 Å². The van der Waals surface area contributed by atoms with Gasteiger partial charge >= 0.3 is 6.09 Å². The number of carbonyl (C=O) groups is 1. The molecule has 1 N–H and O–H groups in total. The molecule has 1 amide bonds. The summed E-state index contributed by atoms with van der Waals surface area (Å²) in [5, 5.41) is 2.68. The minimum atomic E-state index is -0.469. The van der Waals surface area contributed by atoms with Gasteiger partial charge in [0.2, 0.25) is 0 Å². The van der Waals surface area contributed by atoms with Gasteiger partial charge in [-0.05, 0) is 45.4 Å². The average Bonchev–Trinajstić information content (AvgIpc) is 2.31. The lowest BCUT2D eigenvalue weighted by atomic mass is 10.1. The molecule has 108 valence electrons. The zero-order valence-corrected chi connectivity index (χ0v) is 13.9. The first kappa shape index (κ1) is 16.6. The predicted molar refractivity (Wildman–Crippen MR) is 84.6 cm³/mol. The summed E-state index contributed by atoms with van der Waals surface area (Å²) < 4.78 is 6.18. The molecule has 1 aromatic rings. The van der Waals surface area contributed by atoms with Crippen LogP contribution in [0.25, 0.3) is 0 Å². The molecule has 1 rings (SSSR count). The molecule has 0 atom stereocenters. The van der Waals surface area contributed by atoms with Crippen LogP contribution in [0.15, 0.2) is 22.7 Å². The van der Waals surface area contributed by atoms with Crippen molar-refractivity contribution < 1.29 is 9.53 Å². The smallest absolute Gasteiger partial charge is 0.407 e. The number of hydrogen-bond donors (Lipinski definition) is 1. The normalized spacial score (nSPS) is 10.4. The van der Waals surface area contributed by atoms with Crippen LogP contribution >= 0.6 is 15.9 Å². The number of halogens is 1. The first-order valence-corrected chi connectivity index (χ1v) is 7.30. The second kappa shape index (κ2) is 7.35. The van der Waals surface area contributed by atoms with Crippen LogP contribution in [0.4, 0.5) is 4.79 Å². The molecule has 20 heavy (non-hydrogen) atoms. The fraction of sp³-hybridized carbons (Fsp3) is 0.438. The highest BCUT2D eigenvalue weighted by Crippen LogP contribution is 2.18. The standard InChI is InChI=1S/C16H20BrNO2/c1-12-13(9-7-10-14(12)17)8-5-6-11-18-15(19)20-16(2,3)4/h7,9-10H,6,11H2,1-4H3,(H,18,19). The molecule has 0 heterocycles. The topological polar surface area (TPSA) is 38.3 Å². The van der Waals surface area contributed by atoms with Crippen molar-refractivity contribution in [2.45, 2.75) is 39.7 Å². The van der Waals surface area contributed by atoms with Crippen molar-refractivity contribution in [2.75, 3.05) is 6.54 Å². The van der Waals surface area contributed by atoms with Gasteiger partial charge in [0.15, 0.2) is 0 Å². The molecular weight excluding hydrogens is 318 g/mol. The number of benzene rings is 1. The van der Waals surface area contributed by atoms with Crippen molar-refractivity contribution >= 4 is 22.0 Å². The molecule has 0 radical (unpaired) electrons. The molecule has 1 aromatic carbocycles. The number of amides is 1. The van der Waals surface area contributed by atoms with Crippen LogP contribution in [-0.2, 0) is 4.74 Å². The van der Waals surface area contributed by atoms with Gasteiger partial charge in [-0.1, -0.05) is 33.8 Å². The van der Waals surface area contributed by atoms with Gasteiger partial charge in [0, 0.05) is 23.0 Å². The Morgan fingerprint density at radius 1 is 1.40 bits per heavy atom. The number of hydrogen-bond acceptors (Lipinski definition) is 2. The van der Waals surface area contributed by atoms with E-state index in [0.29, 0.717) is 13.0 Å². The van der Waals surface area contributed by atoms with E-state index in [2.05, 4.69) is 33.1 Å². The summed E-state index contributed by atoms with van der Waals surface area (Å²) >= 11 is 3.47. The maximum Gasteiger partial charge on any atom is 0.407 e. The first-order valence-electron chi connectivity index (χ1n) is 6.50. The Hall–Kier alpha value is -1.47. The van der Waals surface area contributed by atoms with Gasteiger partial charge in [0.1, 0.15) is 5.60 Å². The molecule has 0 bridgehead atoms. The van der Waals surface area contributed by atoms with E-state index in [9.17, 15) is 4.79 Å². The van der Waals surface area contributed by atoms with Gasteiger partial charge in [-0.25, -0.2) is 4.79 Å². The fourth-order valence-corrected chi connectivity index (χ4v) is 1.81. The van der Waals surface area contributed by atoms with Gasteiger partial charge in [-0.15, -0.1) is 0 Å². The Morgan fingerprint density at radius 3 is 2.75 bits per heavy atom. The Kier molecular flexibility index (Phi) is 6.09. The second-order valence-corrected chi connectivity index (χ2v) is 6.25. The number of carbonyl (C=O) groups excluding carboxylic acids is 1. The second-order valence-electron chi connectivity index (χ2n) is 5.39. The number of ether oxygens (including phenoxy) is 1. The average molecular weight is 338 g/mol. The van der Waals surface area contributed by atoms with Crippen molar-refractivity contribution in [3.05, 3.63) is 33.8 Å². The SMILES string of the molecule is Cc1c(Br)cccc1C#CCCNC(=O)OC(C)(C)C. The highest BCUT2D eigenvalue weighted by atomic mass is 79.9. The van der Waals surface area contributed by atoms with Crippen molar-refractivity contribution in [1.29, 1.82) is 0 Å². The number of nitrogens with one attached hydrogen (secondary N) is 1. The lowest BCUT2D eigenvalue weighted by molar-refractivity contribution is 0.0529. The van der Waals surface area contributed by atoms with E-state index in [1.165, 1.54) is 0 Å². The number of alkyl carbamates (subject to hydrolysis) is 1. The molecule has 0 saturated heterocycles. The summed E-state index contributed by atoms with van der Waals surface area (Å²) in [5.74, 6) is 6.15. The Morgan fingerprint density at radius 2 is 2.10 bits per heavy atom. The first-order chi connectivity index (χ1) is 9.29. The van der Waals surface area contributed by atoms with Crippen LogP contribution in [0, 0.1) is 18.8 Å². The van der Waals surface area contributed by atoms with Crippen LogP contribution in [0.3, 0.4) is 0 Å². The summed E-state index contributed by atoms with van der Waals surface area (Å²) in [6.45, 7) is 8.01. The zero-order chi connectivity index (χ0) is 15.2. The minimum Gasteiger partial charge on any atom is -0.444 e. The molecule has 0 fully saturated rings. The van der Waals surface area contributed by atoms with Gasteiger partial charge in [-0.2, -0.15) is 0 Å². The molecule has 0 saturated carbocycles. The molecule has 0 aliphatic carbocycles. The molecule has 3 nitrogen and oxygen atoms in total. The molecule has 4 heteroatoms. The summed E-state index contributed by atoms with van der Waals surface area (Å²) in [5.41, 5.74) is 1.65. The predicted octanol–water partition coefficient (Wildman–Crippen LogP) is 4.02. The minimum absolute atomic E-state index is 0.405. The van der Waals surface area contributed by atoms with Crippen LogP contribution in [0.2, 0.25) is 0 Å². The highest BCUT2D eigenvalue weighted by molar-refractivity contribution is 9.10. The lowest BCUT2D eigenvalue weighted by Gasteiger charge is -2.19. The maximum absolute atomic E-state index is 11.4. The fourth-order valence-electron chi connectivity index (χ4n) is 1.44. The molecule has 0 spiro atoms. The largest absolute Gasteiger partial charge is 0.444 e. The summed E-state index contributed by atoms with van der Waals surface area (Å²) in [7, 11) is 0. The molecule has 0 unspecified atom stereocenters. The Balaban J connectivity index is 2.41. The Bertz CT molecular complexity index is 536. The van der Waals surface area contributed by atoms with E-state index in [1.54, 1.807) is 0 Å². The van der Waals surface area contributed by atoms with Crippen LogP contribution in [0.1, 0.15) is 38.3 Å². The maximum atomic E-state index is 11.4. The summed E-state index contributed by atoms with van der Waals surface area (Å²) in [4.78, 5) is 11.4. The third kappa shape index (κ3) is 6.12. The van der Waals surface area contributed by atoms with E-state index in [-0.39, 0.29) is 0 Å². The van der Waals surface area contributed by atoms with Crippen molar-refractivity contribution in [2.24, 2.45) is 0 Å². The van der Waals surface area contributed by atoms with Gasteiger partial charge < -0.3 is 10.1 Å². The van der Waals surface area contributed by atoms with E-state index in [1.807, 2.05) is 45.9 Å². The van der Waals surface area contributed by atoms with Crippen molar-refractivity contribution in [1.82, 2.24) is 5.32 Å². The van der Waals surface area contributed by atoms with E-state index in [4.69, 9.17) is 4.74 Å². The third-order valence-corrected chi connectivity index (χ3v) is 3.27. The van der Waals surface area contributed by atoms with E-state index >= 15 is 0 Å². The third-order valence-electron chi connectivity index (χ3n) is 2.41. The van der Waals surface area contributed by atoms with Crippen molar-refractivity contribution in [3.8, 4) is 11.8 Å². The molecule has 0 aliphatic rings. The summed E-state index contributed by atoms with van der Waals surface area (Å²) in [6.07, 6.45) is 0.184. The molecular formula is C16H20BrNO2. The molecule has 0 aromatic heterocycles. The molecule has 0 aliphatic heterocycles. The van der Waals surface area contributed by atoms with Crippen LogP contribution in [-0.4, -0.2) is 18.2 Å². The zero-order valence-electron chi connectivity index (χ0n) is 12.3.